The normalized spacial score (nSPS) is 19.6. The third-order valence-corrected chi connectivity index (χ3v) is 1.95. The second-order valence-corrected chi connectivity index (χ2v) is 2.67. The van der Waals surface area contributed by atoms with Gasteiger partial charge in [0.25, 0.3) is 0 Å². The molecule has 0 aromatic carbocycles. The zero-order valence-electron chi connectivity index (χ0n) is 5.88. The van der Waals surface area contributed by atoms with Crippen LogP contribution in [-0.4, -0.2) is 11.1 Å². The van der Waals surface area contributed by atoms with Gasteiger partial charge >= 0.3 is 5.97 Å². The second kappa shape index (κ2) is 4.90. The Hall–Kier alpha value is 0.158. The molecule has 0 aromatic rings. The molecule has 0 bridgehead atoms. The molecule has 58 valence electrons. The smallest absolute Gasteiger partial charge is 0.306 e. The molecular weight excluding hydrogens is 212 g/mol. The number of hydrogen-bond donors (Lipinski definition) is 1. The van der Waals surface area contributed by atoms with Crippen LogP contribution in [0.15, 0.2) is 0 Å². The van der Waals surface area contributed by atoms with E-state index in [0.717, 1.165) is 25.7 Å². The fraction of sp³-hybridized carbons (Fsp3) is 0.857. The zero-order valence-corrected chi connectivity index (χ0v) is 7.88. The van der Waals surface area contributed by atoms with Crippen LogP contribution in [0.1, 0.15) is 32.1 Å². The average Bonchev–Trinajstić information content (AvgIpc) is 1.90. The number of carbonyl (C=O) groups is 1. The van der Waals surface area contributed by atoms with E-state index in [2.05, 4.69) is 0 Å². The first-order valence-corrected chi connectivity index (χ1v) is 3.53. The van der Waals surface area contributed by atoms with Crippen LogP contribution in [0.5, 0.6) is 0 Å². The largest absolute Gasteiger partial charge is 0.481 e. The molecule has 1 saturated carbocycles. The summed E-state index contributed by atoms with van der Waals surface area (Å²) in [5.74, 6) is -0.631. The molecule has 0 radical (unpaired) electrons. The number of aliphatic carboxylic acids is 1. The van der Waals surface area contributed by atoms with Crippen molar-refractivity contribution in [3.8, 4) is 0 Å². The minimum Gasteiger partial charge on any atom is -0.481 e. The van der Waals surface area contributed by atoms with E-state index in [0.29, 0.717) is 0 Å². The quantitative estimate of drug-likeness (QED) is 0.687. The van der Waals surface area contributed by atoms with Crippen LogP contribution in [0.2, 0.25) is 0 Å². The van der Waals surface area contributed by atoms with Crippen molar-refractivity contribution >= 4 is 5.97 Å². The van der Waals surface area contributed by atoms with Gasteiger partial charge in [-0.2, -0.15) is 0 Å². The Morgan fingerprint density at radius 3 is 2.00 bits per heavy atom. The molecule has 0 amide bonds. The van der Waals surface area contributed by atoms with Gasteiger partial charge in [-0.3, -0.25) is 4.79 Å². The van der Waals surface area contributed by atoms with Gasteiger partial charge in [-0.1, -0.05) is 19.3 Å². The standard InChI is InChI=1S/C7H12O2.Mo/c8-7(9)6-4-2-1-3-5-6;/h6H,1-5H2,(H,8,9);. The van der Waals surface area contributed by atoms with Gasteiger partial charge < -0.3 is 5.11 Å². The van der Waals surface area contributed by atoms with Crippen LogP contribution < -0.4 is 0 Å². The van der Waals surface area contributed by atoms with Gasteiger partial charge in [0.2, 0.25) is 0 Å². The maximum atomic E-state index is 10.4. The van der Waals surface area contributed by atoms with Gasteiger partial charge in [0.1, 0.15) is 0 Å². The van der Waals surface area contributed by atoms with E-state index in [4.69, 9.17) is 5.11 Å². The van der Waals surface area contributed by atoms with Crippen molar-refractivity contribution < 1.29 is 31.0 Å². The summed E-state index contributed by atoms with van der Waals surface area (Å²) in [6.45, 7) is 0. The fourth-order valence-electron chi connectivity index (χ4n) is 1.35. The molecule has 0 aliphatic heterocycles. The van der Waals surface area contributed by atoms with E-state index < -0.39 is 5.97 Å². The van der Waals surface area contributed by atoms with E-state index in [1.807, 2.05) is 0 Å². The summed E-state index contributed by atoms with van der Waals surface area (Å²) < 4.78 is 0. The Bertz CT molecular complexity index is 108. The molecule has 0 unspecified atom stereocenters. The van der Waals surface area contributed by atoms with Crippen LogP contribution in [0.25, 0.3) is 0 Å². The second-order valence-electron chi connectivity index (χ2n) is 2.67. The molecule has 3 heteroatoms. The molecule has 0 spiro atoms. The maximum Gasteiger partial charge on any atom is 0.306 e. The molecule has 1 fully saturated rings. The van der Waals surface area contributed by atoms with Gasteiger partial charge in [0.05, 0.1) is 5.92 Å². The summed E-state index contributed by atoms with van der Waals surface area (Å²) in [7, 11) is 0. The van der Waals surface area contributed by atoms with Crippen LogP contribution in [-0.2, 0) is 25.9 Å². The zero-order chi connectivity index (χ0) is 6.69. The SMILES string of the molecule is O=C(O)C1CCCCC1.[Mo]. The van der Waals surface area contributed by atoms with Crippen molar-refractivity contribution in [3.63, 3.8) is 0 Å². The third kappa shape index (κ3) is 2.83. The van der Waals surface area contributed by atoms with Crippen LogP contribution >= 0.6 is 0 Å². The Balaban J connectivity index is 0.000000810. The predicted octanol–water partition coefficient (Wildman–Crippen LogP) is 1.65. The number of carboxylic acids is 1. The average molecular weight is 224 g/mol. The monoisotopic (exact) mass is 226 g/mol. The molecule has 1 rings (SSSR count). The topological polar surface area (TPSA) is 37.3 Å². The molecule has 0 atom stereocenters. The van der Waals surface area contributed by atoms with E-state index in [9.17, 15) is 4.79 Å². The Labute approximate surface area is 75.3 Å². The Kier molecular flexibility index (Phi) is 4.97. The fourth-order valence-corrected chi connectivity index (χ4v) is 1.35. The van der Waals surface area contributed by atoms with Gasteiger partial charge in [-0.15, -0.1) is 0 Å². The summed E-state index contributed by atoms with van der Waals surface area (Å²) in [5, 5.41) is 8.54. The number of hydrogen-bond acceptors (Lipinski definition) is 1. The van der Waals surface area contributed by atoms with Crippen LogP contribution in [0.3, 0.4) is 0 Å². The van der Waals surface area contributed by atoms with E-state index >= 15 is 0 Å². The molecule has 0 heterocycles. The van der Waals surface area contributed by atoms with Crippen molar-refractivity contribution in [2.24, 2.45) is 5.92 Å². The first kappa shape index (κ1) is 10.2. The van der Waals surface area contributed by atoms with Gasteiger partial charge in [-0.05, 0) is 12.8 Å². The maximum absolute atomic E-state index is 10.4. The van der Waals surface area contributed by atoms with Crippen LogP contribution in [0.4, 0.5) is 0 Å². The predicted molar refractivity (Wildman–Crippen MR) is 34.2 cm³/mol. The van der Waals surface area contributed by atoms with Crippen LogP contribution in [0, 0.1) is 5.92 Å². The van der Waals surface area contributed by atoms with Crippen molar-refractivity contribution in [3.05, 3.63) is 0 Å². The van der Waals surface area contributed by atoms with Crippen molar-refractivity contribution in [1.82, 2.24) is 0 Å². The van der Waals surface area contributed by atoms with Crippen molar-refractivity contribution in [1.29, 1.82) is 0 Å². The van der Waals surface area contributed by atoms with E-state index in [1.165, 1.54) is 6.42 Å². The molecule has 0 saturated heterocycles. The minimum absolute atomic E-state index is 0. The summed E-state index contributed by atoms with van der Waals surface area (Å²) in [6.07, 6.45) is 5.24. The molecule has 1 N–H and O–H groups in total. The summed E-state index contributed by atoms with van der Waals surface area (Å²) in [4.78, 5) is 10.4. The number of carboxylic acid groups (broad SMARTS) is 1. The molecule has 0 aromatic heterocycles. The first-order valence-electron chi connectivity index (χ1n) is 3.53. The summed E-state index contributed by atoms with van der Waals surface area (Å²) in [6, 6.07) is 0. The van der Waals surface area contributed by atoms with Gasteiger partial charge in [-0.25, -0.2) is 0 Å². The van der Waals surface area contributed by atoms with Crippen molar-refractivity contribution in [2.45, 2.75) is 32.1 Å². The Morgan fingerprint density at radius 1 is 1.20 bits per heavy atom. The molecular formula is C7H12MoO2. The third-order valence-electron chi connectivity index (χ3n) is 1.95. The van der Waals surface area contributed by atoms with Crippen molar-refractivity contribution in [2.75, 3.05) is 0 Å². The number of rotatable bonds is 1. The van der Waals surface area contributed by atoms with E-state index in [1.54, 1.807) is 0 Å². The van der Waals surface area contributed by atoms with Gasteiger partial charge in [0.15, 0.2) is 0 Å². The first-order chi connectivity index (χ1) is 4.30. The molecule has 10 heavy (non-hydrogen) atoms. The minimum atomic E-state index is -0.602. The Morgan fingerprint density at radius 2 is 1.70 bits per heavy atom. The summed E-state index contributed by atoms with van der Waals surface area (Å²) in [5.41, 5.74) is 0. The molecule has 1 aliphatic rings. The molecule has 1 aliphatic carbocycles. The molecule has 2 nitrogen and oxygen atoms in total. The van der Waals surface area contributed by atoms with Gasteiger partial charge in [0, 0.05) is 21.1 Å². The summed E-state index contributed by atoms with van der Waals surface area (Å²) >= 11 is 0. The van der Waals surface area contributed by atoms with E-state index in [-0.39, 0.29) is 27.0 Å².